The third-order valence-corrected chi connectivity index (χ3v) is 3.16. The molecule has 0 radical (unpaired) electrons. The van der Waals surface area contributed by atoms with Gasteiger partial charge in [-0.2, -0.15) is 4.73 Å². The Morgan fingerprint density at radius 3 is 2.42 bits per heavy atom. The van der Waals surface area contributed by atoms with Gasteiger partial charge in [0.25, 0.3) is 0 Å². The average Bonchev–Trinajstić information content (AvgIpc) is 2.47. The van der Waals surface area contributed by atoms with Gasteiger partial charge in [0.1, 0.15) is 5.75 Å². The van der Waals surface area contributed by atoms with E-state index in [1.54, 1.807) is 13.3 Å². The lowest BCUT2D eigenvalue weighted by atomic mass is 10.1. The molecule has 0 amide bonds. The highest BCUT2D eigenvalue weighted by atomic mass is 16.5. The van der Waals surface area contributed by atoms with E-state index in [1.165, 1.54) is 0 Å². The predicted molar refractivity (Wildman–Crippen MR) is 74.9 cm³/mol. The first-order valence-corrected chi connectivity index (χ1v) is 6.04. The van der Waals surface area contributed by atoms with Crippen molar-refractivity contribution < 1.29 is 9.47 Å². The van der Waals surface area contributed by atoms with E-state index in [1.807, 2.05) is 54.6 Å². The van der Waals surface area contributed by atoms with E-state index >= 15 is 0 Å². The van der Waals surface area contributed by atoms with E-state index in [0.717, 1.165) is 27.0 Å². The van der Waals surface area contributed by atoms with Crippen molar-refractivity contribution in [3.8, 4) is 16.9 Å². The molecule has 0 fully saturated rings. The fraction of sp³-hybridized carbons (Fsp3) is 0.0625. The van der Waals surface area contributed by atoms with Crippen LogP contribution in [0.2, 0.25) is 0 Å². The van der Waals surface area contributed by atoms with Crippen molar-refractivity contribution in [1.29, 1.82) is 0 Å². The van der Waals surface area contributed by atoms with Crippen molar-refractivity contribution in [2.24, 2.45) is 0 Å². The second kappa shape index (κ2) is 4.61. The Morgan fingerprint density at radius 1 is 0.947 bits per heavy atom. The van der Waals surface area contributed by atoms with E-state index in [-0.39, 0.29) is 0 Å². The number of pyridine rings is 1. The second-order valence-electron chi connectivity index (χ2n) is 4.34. The molecule has 0 aliphatic carbocycles. The Morgan fingerprint density at radius 2 is 1.68 bits per heavy atom. The Bertz CT molecular complexity index is 720. The highest BCUT2D eigenvalue weighted by molar-refractivity contribution is 5.80. The minimum atomic E-state index is 0.680. The molecule has 0 aliphatic rings. The molecule has 0 spiro atoms. The number of benzene rings is 2. The van der Waals surface area contributed by atoms with E-state index < -0.39 is 0 Å². The molecule has 0 atom stereocenters. The van der Waals surface area contributed by atoms with Crippen molar-refractivity contribution in [3.63, 3.8) is 0 Å². The van der Waals surface area contributed by atoms with Crippen LogP contribution < -0.4 is 9.47 Å². The molecule has 19 heavy (non-hydrogen) atoms. The molecule has 0 unspecified atom stereocenters. The van der Waals surface area contributed by atoms with Gasteiger partial charge in [0.2, 0.25) is 5.52 Å². The monoisotopic (exact) mass is 251 g/mol. The minimum absolute atomic E-state index is 0.680. The summed E-state index contributed by atoms with van der Waals surface area (Å²) in [6, 6.07) is 17.2. The molecule has 2 aromatic carbocycles. The van der Waals surface area contributed by atoms with Crippen molar-refractivity contribution in [2.45, 2.75) is 0 Å². The minimum Gasteiger partial charge on any atom is -0.618 e. The van der Waals surface area contributed by atoms with Gasteiger partial charge in [-0.1, -0.05) is 24.3 Å². The van der Waals surface area contributed by atoms with Crippen molar-refractivity contribution in [1.82, 2.24) is 0 Å². The van der Waals surface area contributed by atoms with Crippen LogP contribution in [-0.2, 0) is 0 Å². The van der Waals surface area contributed by atoms with Crippen LogP contribution in [0, 0.1) is 5.21 Å². The van der Waals surface area contributed by atoms with Gasteiger partial charge in [0.15, 0.2) is 6.20 Å². The number of fused-ring (bicyclic) bond motifs is 1. The van der Waals surface area contributed by atoms with Crippen molar-refractivity contribution in [3.05, 3.63) is 66.0 Å². The zero-order chi connectivity index (χ0) is 13.2. The maximum atomic E-state index is 12.0. The summed E-state index contributed by atoms with van der Waals surface area (Å²) in [6.45, 7) is 0. The number of aromatic nitrogens is 1. The topological polar surface area (TPSA) is 36.2 Å². The van der Waals surface area contributed by atoms with Crippen LogP contribution in [0.25, 0.3) is 22.0 Å². The van der Waals surface area contributed by atoms with Crippen LogP contribution >= 0.6 is 0 Å². The molecular weight excluding hydrogens is 238 g/mol. The van der Waals surface area contributed by atoms with E-state index in [9.17, 15) is 5.21 Å². The third kappa shape index (κ3) is 2.10. The van der Waals surface area contributed by atoms with Gasteiger partial charge in [-0.3, -0.25) is 0 Å². The molecule has 0 saturated carbocycles. The number of hydrogen-bond acceptors (Lipinski definition) is 2. The molecule has 0 aliphatic heterocycles. The molecular formula is C16H13NO2. The number of hydrogen-bond donors (Lipinski definition) is 0. The Balaban J connectivity index is 2.14. The predicted octanol–water partition coefficient (Wildman–Crippen LogP) is 3.15. The second-order valence-corrected chi connectivity index (χ2v) is 4.34. The van der Waals surface area contributed by atoms with Gasteiger partial charge < -0.3 is 9.94 Å². The lowest BCUT2D eigenvalue weighted by Crippen LogP contribution is -2.26. The zero-order valence-electron chi connectivity index (χ0n) is 10.5. The molecule has 0 bridgehead atoms. The van der Waals surface area contributed by atoms with E-state index in [0.29, 0.717) is 5.52 Å². The number of methoxy groups -OCH3 is 1. The molecule has 3 nitrogen and oxygen atoms in total. The summed E-state index contributed by atoms with van der Waals surface area (Å²) in [5, 5.41) is 12.9. The summed E-state index contributed by atoms with van der Waals surface area (Å²) in [5.74, 6) is 0.805. The highest BCUT2D eigenvalue weighted by Gasteiger charge is 2.07. The summed E-state index contributed by atoms with van der Waals surface area (Å²) in [6.07, 6.45) is 1.60. The Kier molecular flexibility index (Phi) is 2.80. The number of ether oxygens (including phenoxy) is 1. The summed E-state index contributed by atoms with van der Waals surface area (Å²) >= 11 is 0. The van der Waals surface area contributed by atoms with Crippen LogP contribution in [0.1, 0.15) is 0 Å². The highest BCUT2D eigenvalue weighted by Crippen LogP contribution is 2.23. The lowest BCUT2D eigenvalue weighted by molar-refractivity contribution is -0.576. The Labute approximate surface area is 111 Å². The van der Waals surface area contributed by atoms with E-state index in [2.05, 4.69) is 0 Å². The molecule has 94 valence electrons. The number of nitrogens with zero attached hydrogens (tertiary/aromatic N) is 1. The third-order valence-electron chi connectivity index (χ3n) is 3.16. The number of rotatable bonds is 2. The summed E-state index contributed by atoms with van der Waals surface area (Å²) in [5.41, 5.74) is 2.58. The number of para-hydroxylation sites is 1. The molecule has 1 heterocycles. The van der Waals surface area contributed by atoms with Gasteiger partial charge >= 0.3 is 0 Å². The van der Waals surface area contributed by atoms with Gasteiger partial charge in [0, 0.05) is 17.0 Å². The lowest BCUT2D eigenvalue weighted by Gasteiger charge is -2.06. The standard InChI is InChI=1S/C16H13NO2/c1-19-15-8-6-12(7-9-15)14-10-13-4-2-3-5-16(13)17(18)11-14/h2-11H,1H3. The molecule has 0 saturated heterocycles. The normalized spacial score (nSPS) is 10.6. The SMILES string of the molecule is COc1ccc(-c2cc3ccccc3[n+]([O-])c2)cc1. The average molecular weight is 251 g/mol. The fourth-order valence-electron chi connectivity index (χ4n) is 2.15. The first-order valence-electron chi connectivity index (χ1n) is 6.04. The zero-order valence-corrected chi connectivity index (χ0v) is 10.5. The van der Waals surface area contributed by atoms with Crippen LogP contribution in [-0.4, -0.2) is 7.11 Å². The smallest absolute Gasteiger partial charge is 0.223 e. The summed E-state index contributed by atoms with van der Waals surface area (Å²) in [7, 11) is 1.64. The van der Waals surface area contributed by atoms with Crippen molar-refractivity contribution >= 4 is 10.9 Å². The van der Waals surface area contributed by atoms with E-state index in [4.69, 9.17) is 4.74 Å². The van der Waals surface area contributed by atoms with Crippen LogP contribution in [0.3, 0.4) is 0 Å². The Hall–Kier alpha value is -2.55. The van der Waals surface area contributed by atoms with Crippen LogP contribution in [0.5, 0.6) is 5.75 Å². The van der Waals surface area contributed by atoms with Gasteiger partial charge in [-0.05, 0) is 29.8 Å². The first kappa shape index (κ1) is 11.5. The van der Waals surface area contributed by atoms with Crippen LogP contribution in [0.15, 0.2) is 60.8 Å². The van der Waals surface area contributed by atoms with Gasteiger partial charge in [-0.15, -0.1) is 0 Å². The van der Waals surface area contributed by atoms with Gasteiger partial charge in [0.05, 0.1) is 7.11 Å². The molecule has 3 aromatic rings. The molecule has 0 N–H and O–H groups in total. The first-order chi connectivity index (χ1) is 9.28. The van der Waals surface area contributed by atoms with Gasteiger partial charge in [-0.25, -0.2) is 0 Å². The molecule has 3 rings (SSSR count). The largest absolute Gasteiger partial charge is 0.618 e. The van der Waals surface area contributed by atoms with Crippen LogP contribution in [0.4, 0.5) is 0 Å². The summed E-state index contributed by atoms with van der Waals surface area (Å²) < 4.78 is 6.04. The van der Waals surface area contributed by atoms with Crippen molar-refractivity contribution in [2.75, 3.05) is 7.11 Å². The summed E-state index contributed by atoms with van der Waals surface area (Å²) in [4.78, 5) is 0. The quantitative estimate of drug-likeness (QED) is 0.518. The molecule has 3 heteroatoms. The molecule has 1 aromatic heterocycles. The maximum Gasteiger partial charge on any atom is 0.223 e. The maximum absolute atomic E-state index is 12.0. The fourth-order valence-corrected chi connectivity index (χ4v) is 2.15.